The molecular formula is C94H57N. The van der Waals surface area contributed by atoms with Crippen LogP contribution in [0.15, 0.2) is 346 Å². The van der Waals surface area contributed by atoms with Crippen molar-refractivity contribution in [3.8, 4) is 106 Å². The van der Waals surface area contributed by atoms with E-state index in [0.29, 0.717) is 0 Å². The van der Waals surface area contributed by atoms with E-state index < -0.39 is 10.8 Å². The lowest BCUT2D eigenvalue weighted by Crippen LogP contribution is -2.25. The van der Waals surface area contributed by atoms with Crippen LogP contribution in [0.1, 0.15) is 44.5 Å². The van der Waals surface area contributed by atoms with Crippen LogP contribution in [0.3, 0.4) is 0 Å². The number of aromatic nitrogens is 1. The summed E-state index contributed by atoms with van der Waals surface area (Å²) in [7, 11) is 0. The van der Waals surface area contributed by atoms with Crippen LogP contribution in [0.5, 0.6) is 0 Å². The van der Waals surface area contributed by atoms with Gasteiger partial charge in [-0.1, -0.05) is 291 Å². The lowest BCUT2D eigenvalue weighted by Gasteiger charge is -2.30. The highest BCUT2D eigenvalue weighted by atomic mass is 15.0. The summed E-state index contributed by atoms with van der Waals surface area (Å²) in [5.41, 5.74) is 36.0. The van der Waals surface area contributed by atoms with Crippen molar-refractivity contribution in [3.05, 3.63) is 390 Å². The molecule has 95 heavy (non-hydrogen) atoms. The Morgan fingerprint density at radius 2 is 0.453 bits per heavy atom. The number of hydrogen-bond acceptors (Lipinski definition) is 0. The Balaban J connectivity index is 0.751. The van der Waals surface area contributed by atoms with E-state index in [0.717, 1.165) is 5.69 Å². The summed E-state index contributed by atoms with van der Waals surface area (Å²) >= 11 is 0. The molecule has 0 bridgehead atoms. The largest absolute Gasteiger partial charge is 0.309 e. The van der Waals surface area contributed by atoms with Gasteiger partial charge < -0.3 is 4.57 Å². The molecule has 0 atom stereocenters. The van der Waals surface area contributed by atoms with Crippen molar-refractivity contribution >= 4 is 43.4 Å². The van der Waals surface area contributed by atoms with Gasteiger partial charge in [-0.05, 0) is 221 Å². The first-order valence-electron chi connectivity index (χ1n) is 33.3. The lowest BCUT2D eigenvalue weighted by atomic mass is 9.70. The normalized spacial score (nSPS) is 13.6. The van der Waals surface area contributed by atoms with Gasteiger partial charge in [0.15, 0.2) is 0 Å². The average Bonchev–Trinajstić information content (AvgIpc) is 1.52. The monoisotopic (exact) mass is 1200 g/mol. The first-order chi connectivity index (χ1) is 47.1. The maximum atomic E-state index is 2.52. The van der Waals surface area contributed by atoms with Gasteiger partial charge in [-0.25, -0.2) is 0 Å². The Hall–Kier alpha value is -12.2. The van der Waals surface area contributed by atoms with Gasteiger partial charge in [0.25, 0.3) is 0 Å². The summed E-state index contributed by atoms with van der Waals surface area (Å²) in [5, 5.41) is 7.43. The third-order valence-electron chi connectivity index (χ3n) is 22.0. The number of benzene rings is 16. The van der Waals surface area contributed by atoms with Crippen LogP contribution in [0.4, 0.5) is 0 Å². The first-order valence-corrected chi connectivity index (χ1v) is 33.3. The predicted octanol–water partition coefficient (Wildman–Crippen LogP) is 24.1. The summed E-state index contributed by atoms with van der Waals surface area (Å²) in [5.74, 6) is 0. The molecule has 1 nitrogen and oxygen atoms in total. The van der Waals surface area contributed by atoms with Crippen LogP contribution in [0.25, 0.3) is 149 Å². The molecule has 0 unspecified atom stereocenters. The number of rotatable bonds is 6. The van der Waals surface area contributed by atoms with E-state index in [1.54, 1.807) is 0 Å². The molecule has 0 saturated carbocycles. The maximum Gasteiger partial charge on any atom is 0.0725 e. The van der Waals surface area contributed by atoms with Crippen molar-refractivity contribution in [1.29, 1.82) is 0 Å². The van der Waals surface area contributed by atoms with Gasteiger partial charge in [-0.2, -0.15) is 0 Å². The Labute approximate surface area is 551 Å². The highest BCUT2D eigenvalue weighted by molar-refractivity contribution is 6.22. The lowest BCUT2D eigenvalue weighted by molar-refractivity contribution is 0.794. The van der Waals surface area contributed by atoms with Crippen molar-refractivity contribution in [2.75, 3.05) is 0 Å². The SMILES string of the molecule is c1ccc(-c2c3ccccc3c(-c3ccccc3)c3cc(-c4ccc(-n5c6ccc(-c7ccc8c(c7)C7(c9ccccc9-c9ccccc97)c7ccccc7-8)cc6c6cc(-c7ccc8c(c7)C7(c9ccccc9-c9ccccc97)c7ccccc7-8)ccc65)cc4)ccc23)cc1. The first kappa shape index (κ1) is 52.5. The molecule has 17 aromatic rings. The molecule has 0 N–H and O–H groups in total. The molecule has 438 valence electrons. The Kier molecular flexibility index (Phi) is 10.9. The fourth-order valence-electron chi connectivity index (χ4n) is 18.2. The fourth-order valence-corrected chi connectivity index (χ4v) is 18.2. The maximum absolute atomic E-state index is 2.52. The minimum Gasteiger partial charge on any atom is -0.309 e. The minimum atomic E-state index is -0.439. The van der Waals surface area contributed by atoms with E-state index in [1.807, 2.05) is 0 Å². The smallest absolute Gasteiger partial charge is 0.0725 e. The van der Waals surface area contributed by atoms with Gasteiger partial charge in [-0.15, -0.1) is 0 Å². The van der Waals surface area contributed by atoms with Crippen molar-refractivity contribution < 1.29 is 0 Å². The minimum absolute atomic E-state index is 0.439. The molecule has 0 amide bonds. The van der Waals surface area contributed by atoms with Gasteiger partial charge in [0.1, 0.15) is 0 Å². The second-order valence-electron chi connectivity index (χ2n) is 26.4. The quantitative estimate of drug-likeness (QED) is 0.146. The van der Waals surface area contributed by atoms with Crippen LogP contribution in [0.2, 0.25) is 0 Å². The van der Waals surface area contributed by atoms with E-state index in [2.05, 4.69) is 350 Å². The standard InChI is InChI=1S/C94H57N/c1-3-21-59(22-4-1)91-75-31-7-8-32-76(75)92(60-23-5-2-6-24-60)80-55-61(43-50-77(80)91)58-39-46-66(47-40-58)95-89-51-44-62(64-41-48-73-71-29-13-19-37-85(71)93(87(73)56-64)81-33-15-9-25-67(81)68-26-10-16-34-82(68)93)53-78(89)79-54-63(45-52-90(79)95)65-42-49-74-72-30-14-20-38-86(72)94(88(74)57-65)83-35-17-11-27-69(83)70-28-12-18-36-84(70)94/h1-57H. The Bertz CT molecular complexity index is 5760. The molecule has 16 aromatic carbocycles. The van der Waals surface area contributed by atoms with Gasteiger partial charge in [0.2, 0.25) is 0 Å². The van der Waals surface area contributed by atoms with Gasteiger partial charge in [0, 0.05) is 16.5 Å². The second kappa shape index (κ2) is 19.7. The topological polar surface area (TPSA) is 4.93 Å². The van der Waals surface area contributed by atoms with Crippen molar-refractivity contribution in [2.45, 2.75) is 10.8 Å². The van der Waals surface area contributed by atoms with Crippen LogP contribution in [-0.2, 0) is 10.8 Å². The summed E-state index contributed by atoms with van der Waals surface area (Å²) in [6.45, 7) is 0. The van der Waals surface area contributed by atoms with E-state index in [1.165, 1.54) is 188 Å². The third-order valence-corrected chi connectivity index (χ3v) is 22.0. The molecule has 0 fully saturated rings. The van der Waals surface area contributed by atoms with Gasteiger partial charge in [-0.3, -0.25) is 0 Å². The molecule has 21 rings (SSSR count). The molecule has 1 heteroatoms. The van der Waals surface area contributed by atoms with Crippen LogP contribution in [-0.4, -0.2) is 4.57 Å². The van der Waals surface area contributed by atoms with E-state index >= 15 is 0 Å². The Morgan fingerprint density at radius 1 is 0.168 bits per heavy atom. The molecule has 0 radical (unpaired) electrons. The Morgan fingerprint density at radius 3 is 0.863 bits per heavy atom. The summed E-state index contributed by atoms with van der Waals surface area (Å²) in [6.07, 6.45) is 0. The molecule has 0 aliphatic heterocycles. The van der Waals surface area contributed by atoms with Crippen LogP contribution < -0.4 is 0 Å². The molecule has 1 heterocycles. The highest BCUT2D eigenvalue weighted by Crippen LogP contribution is 2.65. The highest BCUT2D eigenvalue weighted by Gasteiger charge is 2.53. The second-order valence-corrected chi connectivity index (χ2v) is 26.4. The number of nitrogens with zero attached hydrogens (tertiary/aromatic N) is 1. The van der Waals surface area contributed by atoms with E-state index in [-0.39, 0.29) is 0 Å². The van der Waals surface area contributed by atoms with Gasteiger partial charge in [0.05, 0.1) is 21.9 Å². The van der Waals surface area contributed by atoms with Crippen molar-refractivity contribution in [3.63, 3.8) is 0 Å². The molecule has 4 aliphatic carbocycles. The van der Waals surface area contributed by atoms with Gasteiger partial charge >= 0.3 is 0 Å². The van der Waals surface area contributed by atoms with Crippen molar-refractivity contribution in [2.24, 2.45) is 0 Å². The fraction of sp³-hybridized carbons (Fsp3) is 0.0213. The van der Waals surface area contributed by atoms with Crippen LogP contribution >= 0.6 is 0 Å². The summed E-state index contributed by atoms with van der Waals surface area (Å²) < 4.78 is 2.50. The third kappa shape index (κ3) is 7.06. The zero-order chi connectivity index (χ0) is 62.1. The summed E-state index contributed by atoms with van der Waals surface area (Å²) in [4.78, 5) is 0. The molecule has 1 aromatic heterocycles. The average molecular weight is 1200 g/mol. The molecular weight excluding hydrogens is 1140 g/mol. The number of fused-ring (bicyclic) bond motifs is 25. The van der Waals surface area contributed by atoms with Crippen molar-refractivity contribution in [1.82, 2.24) is 4.57 Å². The van der Waals surface area contributed by atoms with E-state index in [9.17, 15) is 0 Å². The molecule has 2 spiro atoms. The number of hydrogen-bond donors (Lipinski definition) is 0. The zero-order valence-electron chi connectivity index (χ0n) is 51.9. The predicted molar refractivity (Wildman–Crippen MR) is 396 cm³/mol. The summed E-state index contributed by atoms with van der Waals surface area (Å²) in [6, 6.07) is 131. The van der Waals surface area contributed by atoms with E-state index in [4.69, 9.17) is 0 Å². The molecule has 4 aliphatic rings. The van der Waals surface area contributed by atoms with Crippen LogP contribution in [0, 0.1) is 0 Å². The zero-order valence-corrected chi connectivity index (χ0v) is 51.9. The molecule has 0 saturated heterocycles.